The molecule has 2 N–H and O–H groups in total. The van der Waals surface area contributed by atoms with Crippen LogP contribution in [-0.2, 0) is 0 Å². The number of hydrogen-bond acceptors (Lipinski definition) is 3. The number of ether oxygens (including phenoxy) is 1. The summed E-state index contributed by atoms with van der Waals surface area (Å²) in [5, 5.41) is 0. The fraction of sp³-hybridized carbons (Fsp3) is 0.200. The smallest absolute Gasteiger partial charge is 0.155 e. The summed E-state index contributed by atoms with van der Waals surface area (Å²) in [5.74, 6) is 1.82. The molecule has 4 heteroatoms. The molecule has 0 atom stereocenters. The van der Waals surface area contributed by atoms with Gasteiger partial charge >= 0.3 is 0 Å². The van der Waals surface area contributed by atoms with Gasteiger partial charge in [-0.15, -0.1) is 0 Å². The van der Waals surface area contributed by atoms with Gasteiger partial charge in [-0.3, -0.25) is 4.98 Å². The minimum atomic E-state index is 0.302. The van der Waals surface area contributed by atoms with Gasteiger partial charge in [0.25, 0.3) is 0 Å². The van der Waals surface area contributed by atoms with E-state index in [4.69, 9.17) is 22.7 Å². The van der Waals surface area contributed by atoms with Crippen LogP contribution in [0.25, 0.3) is 0 Å². The average Bonchev–Trinajstić information content (AvgIpc) is 2.39. The minimum Gasteiger partial charge on any atom is -0.455 e. The maximum Gasteiger partial charge on any atom is 0.155 e. The van der Waals surface area contributed by atoms with Crippen molar-refractivity contribution < 1.29 is 4.74 Å². The van der Waals surface area contributed by atoms with Crippen LogP contribution in [0.4, 0.5) is 0 Å². The van der Waals surface area contributed by atoms with E-state index >= 15 is 0 Å². The van der Waals surface area contributed by atoms with Crippen molar-refractivity contribution >= 4 is 17.2 Å². The maximum atomic E-state index is 5.78. The van der Waals surface area contributed by atoms with Crippen molar-refractivity contribution in [2.24, 2.45) is 5.73 Å². The monoisotopic (exact) mass is 272 g/mol. The largest absolute Gasteiger partial charge is 0.455 e. The van der Waals surface area contributed by atoms with Gasteiger partial charge in [-0.2, -0.15) is 0 Å². The van der Waals surface area contributed by atoms with Crippen LogP contribution in [0.1, 0.15) is 30.9 Å². The molecule has 0 saturated heterocycles. The van der Waals surface area contributed by atoms with Crippen molar-refractivity contribution in [1.29, 1.82) is 0 Å². The van der Waals surface area contributed by atoms with E-state index < -0.39 is 0 Å². The van der Waals surface area contributed by atoms with Crippen LogP contribution in [0.2, 0.25) is 0 Å². The Morgan fingerprint density at radius 1 is 1.21 bits per heavy atom. The Hall–Kier alpha value is -1.94. The number of rotatable bonds is 4. The first kappa shape index (κ1) is 13.5. The molecular weight excluding hydrogens is 256 g/mol. The summed E-state index contributed by atoms with van der Waals surface area (Å²) in [6, 6.07) is 9.73. The van der Waals surface area contributed by atoms with Crippen LogP contribution in [0.5, 0.6) is 11.5 Å². The summed E-state index contributed by atoms with van der Waals surface area (Å²) >= 11 is 4.99. The van der Waals surface area contributed by atoms with E-state index in [1.54, 1.807) is 18.5 Å². The van der Waals surface area contributed by atoms with Crippen molar-refractivity contribution in [3.8, 4) is 11.5 Å². The van der Waals surface area contributed by atoms with E-state index in [-0.39, 0.29) is 0 Å². The van der Waals surface area contributed by atoms with Gasteiger partial charge in [0.15, 0.2) is 5.75 Å². The lowest BCUT2D eigenvalue weighted by Crippen LogP contribution is -2.10. The third kappa shape index (κ3) is 3.29. The zero-order valence-electron chi connectivity index (χ0n) is 11.0. The molecule has 0 unspecified atom stereocenters. The van der Waals surface area contributed by atoms with E-state index in [9.17, 15) is 0 Å². The lowest BCUT2D eigenvalue weighted by molar-refractivity contribution is 0.479. The van der Waals surface area contributed by atoms with E-state index in [1.165, 1.54) is 5.56 Å². The minimum absolute atomic E-state index is 0.302. The number of benzene rings is 1. The first-order chi connectivity index (χ1) is 9.08. The molecule has 3 nitrogen and oxygen atoms in total. The topological polar surface area (TPSA) is 48.1 Å². The Kier molecular flexibility index (Phi) is 4.12. The van der Waals surface area contributed by atoms with Crippen LogP contribution in [-0.4, -0.2) is 9.97 Å². The van der Waals surface area contributed by atoms with E-state index in [0.29, 0.717) is 22.2 Å². The predicted molar refractivity (Wildman–Crippen MR) is 80.7 cm³/mol. The summed E-state index contributed by atoms with van der Waals surface area (Å²) in [4.78, 5) is 4.33. The van der Waals surface area contributed by atoms with Crippen LogP contribution >= 0.6 is 12.2 Å². The number of pyridine rings is 1. The molecule has 98 valence electrons. The van der Waals surface area contributed by atoms with E-state index in [0.717, 1.165) is 5.75 Å². The zero-order valence-corrected chi connectivity index (χ0v) is 11.8. The van der Waals surface area contributed by atoms with Gasteiger partial charge in [-0.25, -0.2) is 0 Å². The number of thiocarbonyl (C=S) groups is 1. The van der Waals surface area contributed by atoms with Gasteiger partial charge < -0.3 is 10.5 Å². The molecule has 0 spiro atoms. The summed E-state index contributed by atoms with van der Waals surface area (Å²) in [6.45, 7) is 4.31. The quantitative estimate of drug-likeness (QED) is 0.863. The van der Waals surface area contributed by atoms with Gasteiger partial charge in [0.1, 0.15) is 10.7 Å². The van der Waals surface area contributed by atoms with Crippen molar-refractivity contribution in [2.75, 3.05) is 0 Å². The molecule has 1 aromatic heterocycles. The molecule has 0 amide bonds. The van der Waals surface area contributed by atoms with Crippen molar-refractivity contribution in [1.82, 2.24) is 4.98 Å². The van der Waals surface area contributed by atoms with Crippen LogP contribution in [0.15, 0.2) is 42.7 Å². The lowest BCUT2D eigenvalue weighted by atomic mass is 10.0. The van der Waals surface area contributed by atoms with Gasteiger partial charge in [0, 0.05) is 6.20 Å². The van der Waals surface area contributed by atoms with Crippen molar-refractivity contribution in [3.05, 3.63) is 53.9 Å². The third-order valence-corrected chi connectivity index (χ3v) is 3.04. The fourth-order valence-electron chi connectivity index (χ4n) is 1.71. The molecule has 0 saturated carbocycles. The van der Waals surface area contributed by atoms with Gasteiger partial charge in [-0.05, 0) is 29.7 Å². The zero-order chi connectivity index (χ0) is 13.8. The highest BCUT2D eigenvalue weighted by molar-refractivity contribution is 7.80. The standard InChI is InChI=1S/C15H16N2OS/c1-10(2)11-3-5-12(6-4-11)18-14-9-17-8-7-13(14)15(16)19/h3-10H,1-2H3,(H2,16,19). The Morgan fingerprint density at radius 3 is 2.47 bits per heavy atom. The second-order valence-electron chi connectivity index (χ2n) is 4.56. The highest BCUT2D eigenvalue weighted by Crippen LogP contribution is 2.26. The second-order valence-corrected chi connectivity index (χ2v) is 5.00. The summed E-state index contributed by atoms with van der Waals surface area (Å²) in [5.41, 5.74) is 7.62. The average molecular weight is 272 g/mol. The van der Waals surface area contributed by atoms with Crippen LogP contribution in [0, 0.1) is 0 Å². The molecule has 2 aromatic rings. The third-order valence-electron chi connectivity index (χ3n) is 2.82. The fourth-order valence-corrected chi connectivity index (χ4v) is 1.88. The summed E-state index contributed by atoms with van der Waals surface area (Å²) in [6.07, 6.45) is 3.26. The molecule has 0 aliphatic rings. The SMILES string of the molecule is CC(C)c1ccc(Oc2cnccc2C(N)=S)cc1. The Balaban J connectivity index is 2.24. The molecule has 2 rings (SSSR count). The first-order valence-electron chi connectivity index (χ1n) is 6.09. The van der Waals surface area contributed by atoms with E-state index in [2.05, 4.69) is 31.0 Å². The van der Waals surface area contributed by atoms with Crippen LogP contribution in [0.3, 0.4) is 0 Å². The van der Waals surface area contributed by atoms with Gasteiger partial charge in [-0.1, -0.05) is 38.2 Å². The Labute approximate surface area is 118 Å². The molecule has 0 aliphatic heterocycles. The van der Waals surface area contributed by atoms with Crippen LogP contribution < -0.4 is 10.5 Å². The Morgan fingerprint density at radius 2 is 1.89 bits per heavy atom. The molecule has 19 heavy (non-hydrogen) atoms. The van der Waals surface area contributed by atoms with Crippen molar-refractivity contribution in [3.63, 3.8) is 0 Å². The summed E-state index contributed by atoms with van der Waals surface area (Å²) < 4.78 is 5.78. The number of aromatic nitrogens is 1. The first-order valence-corrected chi connectivity index (χ1v) is 6.50. The number of nitrogens with zero attached hydrogens (tertiary/aromatic N) is 1. The van der Waals surface area contributed by atoms with Gasteiger partial charge in [0.2, 0.25) is 0 Å². The second kappa shape index (κ2) is 5.80. The van der Waals surface area contributed by atoms with Crippen molar-refractivity contribution in [2.45, 2.75) is 19.8 Å². The molecule has 0 radical (unpaired) electrons. The molecule has 1 aromatic carbocycles. The highest BCUT2D eigenvalue weighted by atomic mass is 32.1. The Bertz CT molecular complexity index is 579. The maximum absolute atomic E-state index is 5.78. The summed E-state index contributed by atoms with van der Waals surface area (Å²) in [7, 11) is 0. The number of hydrogen-bond donors (Lipinski definition) is 1. The normalized spacial score (nSPS) is 10.5. The number of nitrogens with two attached hydrogens (primary N) is 1. The molecule has 0 bridgehead atoms. The molecule has 0 aliphatic carbocycles. The van der Waals surface area contributed by atoms with Gasteiger partial charge in [0.05, 0.1) is 11.8 Å². The molecular formula is C15H16N2OS. The molecule has 0 fully saturated rings. The highest BCUT2D eigenvalue weighted by Gasteiger charge is 2.07. The van der Waals surface area contributed by atoms with E-state index in [1.807, 2.05) is 12.1 Å². The lowest BCUT2D eigenvalue weighted by Gasteiger charge is -2.11. The molecule has 1 heterocycles. The predicted octanol–water partition coefficient (Wildman–Crippen LogP) is 3.63.